The second-order valence-electron chi connectivity index (χ2n) is 5.80. The van der Waals surface area contributed by atoms with Gasteiger partial charge in [0.2, 0.25) is 0 Å². The van der Waals surface area contributed by atoms with E-state index in [4.69, 9.17) is 4.74 Å². The molecule has 0 radical (unpaired) electrons. The van der Waals surface area contributed by atoms with Gasteiger partial charge in [-0.15, -0.1) is 0 Å². The van der Waals surface area contributed by atoms with E-state index in [2.05, 4.69) is 0 Å². The van der Waals surface area contributed by atoms with E-state index in [1.807, 2.05) is 19.9 Å². The van der Waals surface area contributed by atoms with Crippen molar-refractivity contribution in [2.24, 2.45) is 0 Å². The predicted octanol–water partition coefficient (Wildman–Crippen LogP) is 2.26. The van der Waals surface area contributed by atoms with E-state index in [0.717, 1.165) is 0 Å². The first-order valence-corrected chi connectivity index (χ1v) is 8.88. The third kappa shape index (κ3) is 2.83. The van der Waals surface area contributed by atoms with Gasteiger partial charge in [0.15, 0.2) is 9.84 Å². The van der Waals surface area contributed by atoms with Crippen molar-refractivity contribution in [1.29, 1.82) is 0 Å². The molecule has 2 atom stereocenters. The van der Waals surface area contributed by atoms with Crippen LogP contribution in [0.15, 0.2) is 24.3 Å². The van der Waals surface area contributed by atoms with Crippen molar-refractivity contribution >= 4 is 9.84 Å². The van der Waals surface area contributed by atoms with Crippen LogP contribution in [0.1, 0.15) is 38.7 Å². The number of para-hydroxylation sites is 1. The predicted molar refractivity (Wildman–Crippen MR) is 78.6 cm³/mol. The van der Waals surface area contributed by atoms with Crippen molar-refractivity contribution in [3.8, 4) is 5.75 Å². The van der Waals surface area contributed by atoms with E-state index >= 15 is 0 Å². The zero-order valence-corrected chi connectivity index (χ0v) is 13.0. The van der Waals surface area contributed by atoms with Gasteiger partial charge >= 0.3 is 0 Å². The van der Waals surface area contributed by atoms with E-state index in [1.165, 1.54) is 6.26 Å². The maximum Gasteiger partial charge on any atom is 0.153 e. The summed E-state index contributed by atoms with van der Waals surface area (Å²) in [5, 5.41) is 10.2. The standard InChI is InChI=1S/C15H22O4S/c1-11(2)19-13-8-5-4-7-12(13)15(16)10-6-9-14(15)20(3,17)18/h4-5,7-8,11,14,16H,6,9-10H2,1-3H3. The lowest BCUT2D eigenvalue weighted by molar-refractivity contribution is 0.0434. The molecular formula is C15H22O4S. The molecule has 1 N–H and O–H groups in total. The minimum atomic E-state index is -3.31. The van der Waals surface area contributed by atoms with Crippen molar-refractivity contribution in [2.45, 2.75) is 50.1 Å². The third-order valence-corrected chi connectivity index (χ3v) is 5.45. The molecule has 2 unspecified atom stereocenters. The van der Waals surface area contributed by atoms with Crippen LogP contribution < -0.4 is 4.74 Å². The lowest BCUT2D eigenvalue weighted by Gasteiger charge is -2.31. The van der Waals surface area contributed by atoms with Gasteiger partial charge in [-0.3, -0.25) is 0 Å². The summed E-state index contributed by atoms with van der Waals surface area (Å²) in [5.41, 5.74) is -0.763. The normalized spacial score (nSPS) is 26.9. The zero-order valence-electron chi connectivity index (χ0n) is 12.2. The molecule has 0 aliphatic heterocycles. The van der Waals surface area contributed by atoms with Gasteiger partial charge in [0.25, 0.3) is 0 Å². The number of benzene rings is 1. The summed E-state index contributed by atoms with van der Waals surface area (Å²) >= 11 is 0. The van der Waals surface area contributed by atoms with Gasteiger partial charge in [-0.2, -0.15) is 0 Å². The van der Waals surface area contributed by atoms with E-state index in [9.17, 15) is 13.5 Å². The largest absolute Gasteiger partial charge is 0.491 e. The molecule has 2 rings (SSSR count). The molecule has 20 heavy (non-hydrogen) atoms. The molecule has 0 bridgehead atoms. The topological polar surface area (TPSA) is 63.6 Å². The monoisotopic (exact) mass is 298 g/mol. The molecule has 0 aromatic heterocycles. The van der Waals surface area contributed by atoms with Crippen LogP contribution in [0.5, 0.6) is 5.75 Å². The highest BCUT2D eigenvalue weighted by atomic mass is 32.2. The summed E-state index contributed by atoms with van der Waals surface area (Å²) < 4.78 is 29.6. The van der Waals surface area contributed by atoms with E-state index in [1.54, 1.807) is 18.2 Å². The molecule has 0 spiro atoms. The maximum atomic E-state index is 12.0. The van der Waals surface area contributed by atoms with E-state index < -0.39 is 20.7 Å². The van der Waals surface area contributed by atoms with Gasteiger partial charge in [-0.25, -0.2) is 8.42 Å². The molecule has 4 nitrogen and oxygen atoms in total. The van der Waals surface area contributed by atoms with Crippen LogP contribution in [0, 0.1) is 0 Å². The Labute approximate surface area is 120 Å². The van der Waals surface area contributed by atoms with Gasteiger partial charge in [-0.1, -0.05) is 18.2 Å². The molecule has 1 aliphatic rings. The van der Waals surface area contributed by atoms with E-state index in [0.29, 0.717) is 30.6 Å². The Bertz CT molecular complexity index is 579. The highest BCUT2D eigenvalue weighted by molar-refractivity contribution is 7.91. The number of aliphatic hydroxyl groups is 1. The zero-order chi connectivity index (χ0) is 15.0. The summed E-state index contributed by atoms with van der Waals surface area (Å²) in [6.07, 6.45) is 2.80. The van der Waals surface area contributed by atoms with Crippen LogP contribution in [-0.2, 0) is 15.4 Å². The molecule has 1 aromatic rings. The Kier molecular flexibility index (Phi) is 4.12. The fourth-order valence-electron chi connectivity index (χ4n) is 3.01. The first-order chi connectivity index (χ1) is 9.25. The van der Waals surface area contributed by atoms with Gasteiger partial charge in [0.1, 0.15) is 11.4 Å². The van der Waals surface area contributed by atoms with Crippen LogP contribution in [0.25, 0.3) is 0 Å². The first kappa shape index (κ1) is 15.3. The maximum absolute atomic E-state index is 12.0. The second kappa shape index (κ2) is 5.37. The Morgan fingerprint density at radius 1 is 1.35 bits per heavy atom. The summed E-state index contributed by atoms with van der Waals surface area (Å²) in [4.78, 5) is 0. The quantitative estimate of drug-likeness (QED) is 0.926. The molecular weight excluding hydrogens is 276 g/mol. The molecule has 112 valence electrons. The Morgan fingerprint density at radius 3 is 2.60 bits per heavy atom. The summed E-state index contributed by atoms with van der Waals surface area (Å²) in [6.45, 7) is 3.81. The fourth-order valence-corrected chi connectivity index (χ4v) is 4.56. The fraction of sp³-hybridized carbons (Fsp3) is 0.600. The number of hydrogen-bond acceptors (Lipinski definition) is 4. The van der Waals surface area contributed by atoms with E-state index in [-0.39, 0.29) is 6.10 Å². The third-order valence-electron chi connectivity index (χ3n) is 3.79. The van der Waals surface area contributed by atoms with Crippen LogP contribution in [0.4, 0.5) is 0 Å². The smallest absolute Gasteiger partial charge is 0.153 e. The average molecular weight is 298 g/mol. The van der Waals surface area contributed by atoms with Gasteiger partial charge in [0, 0.05) is 11.8 Å². The minimum Gasteiger partial charge on any atom is -0.491 e. The molecule has 1 aliphatic carbocycles. The number of sulfone groups is 1. The molecule has 0 amide bonds. The number of rotatable bonds is 4. The summed E-state index contributed by atoms with van der Waals surface area (Å²) in [5.74, 6) is 0.570. The molecule has 1 saturated carbocycles. The summed E-state index contributed by atoms with van der Waals surface area (Å²) in [7, 11) is -3.31. The molecule has 5 heteroatoms. The van der Waals surface area contributed by atoms with Crippen molar-refractivity contribution in [3.63, 3.8) is 0 Å². The minimum absolute atomic E-state index is 0.0298. The summed E-state index contributed by atoms with van der Waals surface area (Å²) in [6, 6.07) is 7.18. The molecule has 0 heterocycles. The van der Waals surface area contributed by atoms with Crippen LogP contribution in [-0.4, -0.2) is 31.1 Å². The first-order valence-electron chi connectivity index (χ1n) is 6.92. The van der Waals surface area contributed by atoms with Crippen LogP contribution in [0.3, 0.4) is 0 Å². The number of hydrogen-bond donors (Lipinski definition) is 1. The van der Waals surface area contributed by atoms with Gasteiger partial charge in [-0.05, 0) is 39.2 Å². The molecule has 1 aromatic carbocycles. The van der Waals surface area contributed by atoms with Crippen molar-refractivity contribution in [2.75, 3.05) is 6.26 Å². The van der Waals surface area contributed by atoms with Crippen LogP contribution in [0.2, 0.25) is 0 Å². The Hall–Kier alpha value is -1.07. The van der Waals surface area contributed by atoms with Gasteiger partial charge < -0.3 is 9.84 Å². The highest BCUT2D eigenvalue weighted by Crippen LogP contribution is 2.45. The lowest BCUT2D eigenvalue weighted by atomic mass is 9.91. The van der Waals surface area contributed by atoms with Gasteiger partial charge in [0.05, 0.1) is 11.4 Å². The lowest BCUT2D eigenvalue weighted by Crippen LogP contribution is -2.40. The SMILES string of the molecule is CC(C)Oc1ccccc1C1(O)CCCC1S(C)(=O)=O. The Morgan fingerprint density at radius 2 is 2.00 bits per heavy atom. The van der Waals surface area contributed by atoms with Crippen molar-refractivity contribution in [3.05, 3.63) is 29.8 Å². The Balaban J connectivity index is 2.49. The van der Waals surface area contributed by atoms with Crippen LogP contribution >= 0.6 is 0 Å². The van der Waals surface area contributed by atoms with Crippen molar-refractivity contribution < 1.29 is 18.3 Å². The highest BCUT2D eigenvalue weighted by Gasteiger charge is 2.49. The molecule has 0 saturated heterocycles. The number of ether oxygens (including phenoxy) is 1. The second-order valence-corrected chi connectivity index (χ2v) is 8.03. The average Bonchev–Trinajstić information content (AvgIpc) is 2.72. The van der Waals surface area contributed by atoms with Crippen molar-refractivity contribution in [1.82, 2.24) is 0 Å². The molecule has 1 fully saturated rings.